The maximum Gasteiger partial charge on any atom is 0.241 e. The van der Waals surface area contributed by atoms with E-state index in [9.17, 15) is 9.18 Å². The third-order valence-electron chi connectivity index (χ3n) is 2.66. The molecule has 0 bridgehead atoms. The molecule has 7 heteroatoms. The summed E-state index contributed by atoms with van der Waals surface area (Å²) in [5, 5.41) is 5.58. The monoisotopic (exact) mass is 295 g/mol. The number of rotatable bonds is 2. The lowest BCUT2D eigenvalue weighted by Crippen LogP contribution is -2.35. The van der Waals surface area contributed by atoms with E-state index >= 15 is 0 Å². The topological polar surface area (TPSA) is 54.0 Å². The average Bonchev–Trinajstić information content (AvgIpc) is 2.68. The van der Waals surface area contributed by atoms with Crippen LogP contribution in [0.5, 0.6) is 0 Å². The van der Waals surface area contributed by atoms with Gasteiger partial charge >= 0.3 is 0 Å². The van der Waals surface area contributed by atoms with Crippen LogP contribution in [0.3, 0.4) is 0 Å². The second-order valence-corrected chi connectivity index (χ2v) is 3.92. The first kappa shape index (κ1) is 17.1. The normalized spacial score (nSPS) is 21.7. The van der Waals surface area contributed by atoms with Crippen LogP contribution in [0, 0.1) is 6.92 Å². The Hall–Kier alpha value is -0.910. The third kappa shape index (κ3) is 4.08. The molecule has 0 aliphatic carbocycles. The molecule has 102 valence electrons. The lowest BCUT2D eigenvalue weighted by atomic mass is 10.2. The molecule has 1 aromatic rings. The number of carbonyl (C=O) groups excluding carboxylic acids is 1. The first-order valence-electron chi connectivity index (χ1n) is 5.27. The zero-order valence-electron chi connectivity index (χ0n) is 9.85. The van der Waals surface area contributed by atoms with E-state index in [1.807, 2.05) is 6.92 Å². The maximum atomic E-state index is 12.9. The molecule has 1 amide bonds. The van der Waals surface area contributed by atoms with Gasteiger partial charge in [-0.05, 0) is 19.1 Å². The van der Waals surface area contributed by atoms with Crippen LogP contribution >= 0.6 is 24.8 Å². The molecule has 1 saturated heterocycles. The molecule has 1 fully saturated rings. The van der Waals surface area contributed by atoms with E-state index in [-0.39, 0.29) is 43.7 Å². The number of hydrogen-bond acceptors (Lipinski definition) is 3. The predicted molar refractivity (Wildman–Crippen MR) is 73.4 cm³/mol. The summed E-state index contributed by atoms with van der Waals surface area (Å²) in [5.74, 6) is -0.198. The Morgan fingerprint density at radius 1 is 1.56 bits per heavy atom. The molecular weight excluding hydrogens is 280 g/mol. The lowest BCUT2D eigenvalue weighted by Gasteiger charge is -2.11. The molecule has 2 N–H and O–H groups in total. The lowest BCUT2D eigenvalue weighted by molar-refractivity contribution is -0.117. The van der Waals surface area contributed by atoms with E-state index in [0.29, 0.717) is 5.69 Å². The molecule has 0 radical (unpaired) electrons. The number of nitrogens with zero attached hydrogens (tertiary/aromatic N) is 1. The van der Waals surface area contributed by atoms with Crippen molar-refractivity contribution in [2.45, 2.75) is 25.6 Å². The fourth-order valence-corrected chi connectivity index (χ4v) is 1.73. The Bertz CT molecular complexity index is 406. The van der Waals surface area contributed by atoms with Gasteiger partial charge in [0.25, 0.3) is 0 Å². The van der Waals surface area contributed by atoms with Crippen molar-refractivity contribution in [1.29, 1.82) is 0 Å². The van der Waals surface area contributed by atoms with Gasteiger partial charge in [-0.15, -0.1) is 24.8 Å². The number of pyridine rings is 1. The summed E-state index contributed by atoms with van der Waals surface area (Å²) in [5.41, 5.74) is 1.43. The SMILES string of the molecule is Cc1ncccc1NC(=O)[C@H]1C[C@H](F)CN1.Cl.Cl. The van der Waals surface area contributed by atoms with Gasteiger partial charge < -0.3 is 10.6 Å². The quantitative estimate of drug-likeness (QED) is 0.876. The Kier molecular flexibility index (Phi) is 7.13. The molecule has 2 atom stereocenters. The number of aromatic nitrogens is 1. The van der Waals surface area contributed by atoms with E-state index in [0.717, 1.165) is 5.69 Å². The van der Waals surface area contributed by atoms with Gasteiger partial charge in [0.05, 0.1) is 17.4 Å². The first-order valence-corrected chi connectivity index (χ1v) is 5.27. The van der Waals surface area contributed by atoms with Gasteiger partial charge in [0.15, 0.2) is 0 Å². The molecule has 0 unspecified atom stereocenters. The molecule has 1 aliphatic rings. The van der Waals surface area contributed by atoms with Crippen LogP contribution in [0.15, 0.2) is 18.3 Å². The number of nitrogens with one attached hydrogen (secondary N) is 2. The van der Waals surface area contributed by atoms with Gasteiger partial charge in [0.1, 0.15) is 6.17 Å². The van der Waals surface area contributed by atoms with E-state index in [4.69, 9.17) is 0 Å². The van der Waals surface area contributed by atoms with Crippen molar-refractivity contribution in [1.82, 2.24) is 10.3 Å². The van der Waals surface area contributed by atoms with Crippen molar-refractivity contribution in [3.8, 4) is 0 Å². The van der Waals surface area contributed by atoms with Gasteiger partial charge in [-0.25, -0.2) is 4.39 Å². The molecular formula is C11H16Cl2FN3O. The van der Waals surface area contributed by atoms with E-state index < -0.39 is 12.2 Å². The van der Waals surface area contributed by atoms with Gasteiger partial charge in [-0.1, -0.05) is 0 Å². The summed E-state index contributed by atoms with van der Waals surface area (Å²) in [7, 11) is 0. The van der Waals surface area contributed by atoms with Gasteiger partial charge in [-0.3, -0.25) is 9.78 Å². The van der Waals surface area contributed by atoms with Crippen molar-refractivity contribution in [3.63, 3.8) is 0 Å². The van der Waals surface area contributed by atoms with Crippen LogP contribution in [0.2, 0.25) is 0 Å². The highest BCUT2D eigenvalue weighted by Crippen LogP contribution is 2.14. The summed E-state index contributed by atoms with van der Waals surface area (Å²) in [6.07, 6.45) is 0.979. The summed E-state index contributed by atoms with van der Waals surface area (Å²) in [4.78, 5) is 15.8. The van der Waals surface area contributed by atoms with Gasteiger partial charge in [0.2, 0.25) is 5.91 Å². The Morgan fingerprint density at radius 2 is 2.28 bits per heavy atom. The summed E-state index contributed by atoms with van der Waals surface area (Å²) in [6.45, 7) is 2.07. The summed E-state index contributed by atoms with van der Waals surface area (Å²) < 4.78 is 12.9. The van der Waals surface area contributed by atoms with Crippen molar-refractivity contribution in [3.05, 3.63) is 24.0 Å². The first-order chi connectivity index (χ1) is 7.66. The van der Waals surface area contributed by atoms with E-state index in [1.165, 1.54) is 0 Å². The predicted octanol–water partition coefficient (Wildman–Crippen LogP) is 1.87. The largest absolute Gasteiger partial charge is 0.323 e. The van der Waals surface area contributed by atoms with Crippen LogP contribution in [-0.4, -0.2) is 29.6 Å². The number of aryl methyl sites for hydroxylation is 1. The fourth-order valence-electron chi connectivity index (χ4n) is 1.73. The highest BCUT2D eigenvalue weighted by atomic mass is 35.5. The van der Waals surface area contributed by atoms with E-state index in [1.54, 1.807) is 18.3 Å². The van der Waals surface area contributed by atoms with Gasteiger partial charge in [-0.2, -0.15) is 0 Å². The van der Waals surface area contributed by atoms with Crippen LogP contribution in [0.4, 0.5) is 10.1 Å². The number of halogens is 3. The Morgan fingerprint density at radius 3 is 2.83 bits per heavy atom. The molecule has 0 saturated carbocycles. The molecule has 2 rings (SSSR count). The summed E-state index contributed by atoms with van der Waals surface area (Å²) in [6, 6.07) is 3.10. The average molecular weight is 296 g/mol. The molecule has 18 heavy (non-hydrogen) atoms. The molecule has 1 aliphatic heterocycles. The molecule has 4 nitrogen and oxygen atoms in total. The van der Waals surface area contributed by atoms with Crippen LogP contribution in [0.25, 0.3) is 0 Å². The second-order valence-electron chi connectivity index (χ2n) is 3.92. The van der Waals surface area contributed by atoms with Crippen LogP contribution in [-0.2, 0) is 4.79 Å². The maximum absolute atomic E-state index is 12.9. The van der Waals surface area contributed by atoms with Crippen LogP contribution in [0.1, 0.15) is 12.1 Å². The van der Waals surface area contributed by atoms with E-state index in [2.05, 4.69) is 15.6 Å². The number of carbonyl (C=O) groups is 1. The number of amides is 1. The van der Waals surface area contributed by atoms with Gasteiger partial charge in [0, 0.05) is 19.2 Å². The number of anilines is 1. The minimum Gasteiger partial charge on any atom is -0.323 e. The highest BCUT2D eigenvalue weighted by molar-refractivity contribution is 5.95. The fraction of sp³-hybridized carbons (Fsp3) is 0.455. The van der Waals surface area contributed by atoms with Crippen LogP contribution < -0.4 is 10.6 Å². The minimum absolute atomic E-state index is 0. The smallest absolute Gasteiger partial charge is 0.241 e. The second kappa shape index (κ2) is 7.51. The number of alkyl halides is 1. The van der Waals surface area contributed by atoms with Crippen molar-refractivity contribution < 1.29 is 9.18 Å². The third-order valence-corrected chi connectivity index (χ3v) is 2.66. The zero-order chi connectivity index (χ0) is 11.5. The van der Waals surface area contributed by atoms with Crippen molar-refractivity contribution in [2.75, 3.05) is 11.9 Å². The number of hydrogen-bond donors (Lipinski definition) is 2. The Labute approximate surface area is 118 Å². The molecule has 0 aromatic carbocycles. The van der Waals surface area contributed by atoms with Crippen molar-refractivity contribution >= 4 is 36.4 Å². The van der Waals surface area contributed by atoms with Crippen molar-refractivity contribution in [2.24, 2.45) is 0 Å². The summed E-state index contributed by atoms with van der Waals surface area (Å²) >= 11 is 0. The molecule has 0 spiro atoms. The molecule has 2 heterocycles. The Balaban J connectivity index is 0.00000144. The zero-order valence-corrected chi connectivity index (χ0v) is 11.5. The highest BCUT2D eigenvalue weighted by Gasteiger charge is 2.29. The minimum atomic E-state index is -0.925. The standard InChI is InChI=1S/C11H14FN3O.2ClH/c1-7-9(3-2-4-13-7)15-11(16)10-5-8(12)6-14-10;;/h2-4,8,10,14H,5-6H2,1H3,(H,15,16);2*1H/t8-,10+;;/m0../s1. The molecule has 1 aromatic heterocycles.